The van der Waals surface area contributed by atoms with Crippen molar-refractivity contribution in [2.45, 2.75) is 51.4 Å². The van der Waals surface area contributed by atoms with Gasteiger partial charge in [-0.25, -0.2) is 8.78 Å². The number of ether oxygens (including phenoxy) is 1. The monoisotopic (exact) mass is 402 g/mol. The average molecular weight is 402 g/mol. The van der Waals surface area contributed by atoms with E-state index in [1.807, 2.05) is 31.2 Å². The van der Waals surface area contributed by atoms with Gasteiger partial charge in [-0.05, 0) is 44.7 Å². The van der Waals surface area contributed by atoms with Crippen LogP contribution >= 0.6 is 0 Å². The maximum absolute atomic E-state index is 15.4. The van der Waals surface area contributed by atoms with Crippen LogP contribution in [-0.4, -0.2) is 54.8 Å². The summed E-state index contributed by atoms with van der Waals surface area (Å²) in [4.78, 5) is 10.7. The summed E-state index contributed by atoms with van der Waals surface area (Å²) in [6.07, 6.45) is 5.53. The SMILES string of the molecule is C[C@@H]1CN2c3c(cc(C(=NO)C4CC4)c(F)c3F)CC3(C=NCN=C3)[C@H]2[C@H](C)O1. The van der Waals surface area contributed by atoms with Crippen molar-refractivity contribution < 1.29 is 18.7 Å². The van der Waals surface area contributed by atoms with Crippen molar-refractivity contribution in [3.05, 3.63) is 28.8 Å². The lowest BCUT2D eigenvalue weighted by Crippen LogP contribution is -2.65. The predicted octanol–water partition coefficient (Wildman–Crippen LogP) is 3.19. The summed E-state index contributed by atoms with van der Waals surface area (Å²) < 4.78 is 36.6. The zero-order valence-electron chi connectivity index (χ0n) is 16.5. The molecule has 3 atom stereocenters. The summed E-state index contributed by atoms with van der Waals surface area (Å²) in [7, 11) is 0. The van der Waals surface area contributed by atoms with Crippen LogP contribution in [0.15, 0.2) is 21.2 Å². The molecule has 1 saturated heterocycles. The lowest BCUT2D eigenvalue weighted by Gasteiger charge is -2.54. The Morgan fingerprint density at radius 2 is 1.97 bits per heavy atom. The first-order chi connectivity index (χ1) is 13.9. The van der Waals surface area contributed by atoms with Gasteiger partial charge < -0.3 is 14.8 Å². The van der Waals surface area contributed by atoms with Crippen LogP contribution in [0.25, 0.3) is 0 Å². The van der Waals surface area contributed by atoms with Gasteiger partial charge in [0.2, 0.25) is 0 Å². The maximum atomic E-state index is 15.4. The number of hydrogen-bond donors (Lipinski definition) is 1. The number of aliphatic imine (C=N–C) groups is 2. The summed E-state index contributed by atoms with van der Waals surface area (Å²) >= 11 is 0. The molecule has 2 fully saturated rings. The van der Waals surface area contributed by atoms with Crippen LogP contribution in [0.1, 0.15) is 37.8 Å². The fourth-order valence-corrected chi connectivity index (χ4v) is 5.28. The van der Waals surface area contributed by atoms with Gasteiger partial charge in [0.15, 0.2) is 11.6 Å². The normalized spacial score (nSPS) is 30.4. The largest absolute Gasteiger partial charge is 0.411 e. The molecular weight excluding hydrogens is 378 g/mol. The van der Waals surface area contributed by atoms with Gasteiger partial charge in [0.1, 0.15) is 6.67 Å². The third-order valence-electron chi connectivity index (χ3n) is 6.45. The number of fused-ring (bicyclic) bond motifs is 4. The van der Waals surface area contributed by atoms with Crippen LogP contribution in [0.4, 0.5) is 14.5 Å². The molecular formula is C21H24F2N4O2. The molecule has 0 amide bonds. The average Bonchev–Trinajstić information content (AvgIpc) is 3.51. The number of hydrogen-bond acceptors (Lipinski definition) is 6. The van der Waals surface area contributed by atoms with Crippen molar-refractivity contribution in [1.29, 1.82) is 0 Å². The van der Waals surface area contributed by atoms with Crippen molar-refractivity contribution in [2.24, 2.45) is 26.5 Å². The standard InChI is InChI=1S/C21H24F2N4O2/c1-11-7-27-19-14(5-15(16(22)17(19)23)18(26-28)13-3-4-13)6-21(8-24-10-25-9-21)20(27)12(2)29-11/h5,8-9,11-13,20,28H,3-4,6-7,10H2,1-2H3/t11-,12+,20-/m1/s1. The van der Waals surface area contributed by atoms with Crippen LogP contribution in [0, 0.1) is 23.0 Å². The highest BCUT2D eigenvalue weighted by Crippen LogP contribution is 2.47. The minimum atomic E-state index is -0.948. The van der Waals surface area contributed by atoms with Gasteiger partial charge in [-0.3, -0.25) is 9.98 Å². The highest BCUT2D eigenvalue weighted by molar-refractivity contribution is 6.04. The van der Waals surface area contributed by atoms with Gasteiger partial charge in [0, 0.05) is 30.5 Å². The molecule has 8 heteroatoms. The molecule has 29 heavy (non-hydrogen) atoms. The third kappa shape index (κ3) is 2.79. The van der Waals surface area contributed by atoms with Crippen molar-refractivity contribution in [1.82, 2.24) is 0 Å². The molecule has 0 aromatic heterocycles. The Morgan fingerprint density at radius 1 is 1.24 bits per heavy atom. The zero-order valence-corrected chi connectivity index (χ0v) is 16.5. The van der Waals surface area contributed by atoms with E-state index in [1.165, 1.54) is 0 Å². The molecule has 1 aliphatic carbocycles. The fraction of sp³-hybridized carbons (Fsp3) is 0.571. The van der Waals surface area contributed by atoms with Gasteiger partial charge in [0.05, 0.1) is 35.1 Å². The van der Waals surface area contributed by atoms with E-state index in [2.05, 4.69) is 15.1 Å². The topological polar surface area (TPSA) is 69.8 Å². The molecule has 1 aromatic carbocycles. The quantitative estimate of drug-likeness (QED) is 0.469. The van der Waals surface area contributed by atoms with E-state index >= 15 is 8.78 Å². The Balaban J connectivity index is 1.70. The fourth-order valence-electron chi connectivity index (χ4n) is 5.28. The second-order valence-electron chi connectivity index (χ2n) is 8.62. The Hall–Kier alpha value is -2.35. The van der Waals surface area contributed by atoms with E-state index in [4.69, 9.17) is 4.74 Å². The van der Waals surface area contributed by atoms with E-state index in [0.717, 1.165) is 12.8 Å². The van der Waals surface area contributed by atoms with E-state index in [-0.39, 0.29) is 41.1 Å². The predicted molar refractivity (Wildman–Crippen MR) is 107 cm³/mol. The zero-order chi connectivity index (χ0) is 20.3. The molecule has 3 aliphatic heterocycles. The van der Waals surface area contributed by atoms with Gasteiger partial charge in [-0.15, -0.1) is 0 Å². The molecule has 1 aromatic rings. The minimum Gasteiger partial charge on any atom is -0.411 e. The second-order valence-corrected chi connectivity index (χ2v) is 8.62. The van der Waals surface area contributed by atoms with Crippen LogP contribution in [0.5, 0.6) is 0 Å². The summed E-state index contributed by atoms with van der Waals surface area (Å²) in [5, 5.41) is 12.7. The van der Waals surface area contributed by atoms with E-state index < -0.39 is 17.0 Å². The van der Waals surface area contributed by atoms with Crippen molar-refractivity contribution >= 4 is 23.8 Å². The smallest absolute Gasteiger partial charge is 0.183 e. The Morgan fingerprint density at radius 3 is 2.62 bits per heavy atom. The van der Waals surface area contributed by atoms with Crippen LogP contribution in [0.2, 0.25) is 0 Å². The van der Waals surface area contributed by atoms with Crippen LogP contribution in [0.3, 0.4) is 0 Å². The van der Waals surface area contributed by atoms with Crippen molar-refractivity contribution in [2.75, 3.05) is 18.1 Å². The number of oxime groups is 1. The highest BCUT2D eigenvalue weighted by Gasteiger charge is 2.52. The lowest BCUT2D eigenvalue weighted by atomic mass is 9.69. The first kappa shape index (κ1) is 18.7. The van der Waals surface area contributed by atoms with Crippen LogP contribution in [-0.2, 0) is 11.2 Å². The summed E-state index contributed by atoms with van der Waals surface area (Å²) in [5.74, 6) is -1.85. The molecule has 5 rings (SSSR count). The lowest BCUT2D eigenvalue weighted by molar-refractivity contribution is -0.0433. The molecule has 0 unspecified atom stereocenters. The first-order valence-electron chi connectivity index (χ1n) is 10.1. The minimum absolute atomic E-state index is 0.0153. The molecule has 6 nitrogen and oxygen atoms in total. The molecule has 1 spiro atoms. The number of morpholine rings is 1. The summed E-state index contributed by atoms with van der Waals surface area (Å²) in [6.45, 7) is 4.72. The second kappa shape index (κ2) is 6.58. The molecule has 3 heterocycles. The van der Waals surface area contributed by atoms with Gasteiger partial charge >= 0.3 is 0 Å². The Kier molecular flexibility index (Phi) is 4.24. The van der Waals surface area contributed by atoms with Gasteiger partial charge in [-0.1, -0.05) is 5.16 Å². The number of nitrogens with zero attached hydrogens (tertiary/aromatic N) is 4. The summed E-state index contributed by atoms with van der Waals surface area (Å²) in [6, 6.07) is 1.42. The van der Waals surface area contributed by atoms with Gasteiger partial charge in [0.25, 0.3) is 0 Å². The van der Waals surface area contributed by atoms with Crippen molar-refractivity contribution in [3.8, 4) is 0 Å². The third-order valence-corrected chi connectivity index (χ3v) is 6.45. The number of anilines is 1. The first-order valence-corrected chi connectivity index (χ1v) is 10.1. The number of halogens is 2. The Bertz CT molecular complexity index is 929. The highest BCUT2D eigenvalue weighted by atomic mass is 19.2. The van der Waals surface area contributed by atoms with Crippen molar-refractivity contribution in [3.63, 3.8) is 0 Å². The molecule has 0 radical (unpaired) electrons. The Labute approximate surface area is 168 Å². The molecule has 1 saturated carbocycles. The maximum Gasteiger partial charge on any atom is 0.183 e. The molecule has 154 valence electrons. The summed E-state index contributed by atoms with van der Waals surface area (Å²) in [5.41, 5.74) is 0.693. The van der Waals surface area contributed by atoms with E-state index in [9.17, 15) is 5.21 Å². The number of rotatable bonds is 2. The molecule has 1 N–H and O–H groups in total. The van der Waals surface area contributed by atoms with Crippen LogP contribution < -0.4 is 4.90 Å². The van der Waals surface area contributed by atoms with E-state index in [1.54, 1.807) is 6.07 Å². The number of benzene rings is 1. The van der Waals surface area contributed by atoms with Gasteiger partial charge in [-0.2, -0.15) is 0 Å². The molecule has 0 bridgehead atoms. The molecule has 4 aliphatic rings. The van der Waals surface area contributed by atoms with E-state index in [0.29, 0.717) is 25.2 Å².